The van der Waals surface area contributed by atoms with E-state index >= 15 is 0 Å². The normalized spacial score (nSPS) is 24.1. The van der Waals surface area contributed by atoms with Gasteiger partial charge in [-0.05, 0) is 31.2 Å². The lowest BCUT2D eigenvalue weighted by atomic mass is 9.92. The number of hydrogen-bond acceptors (Lipinski definition) is 2. The molecule has 1 fully saturated rings. The van der Waals surface area contributed by atoms with Crippen molar-refractivity contribution < 1.29 is 0 Å². The molecule has 3 nitrogen and oxygen atoms in total. The van der Waals surface area contributed by atoms with Crippen LogP contribution in [0.3, 0.4) is 0 Å². The molecule has 1 aliphatic rings. The Kier molecular flexibility index (Phi) is 3.15. The van der Waals surface area contributed by atoms with E-state index in [1.54, 1.807) is 0 Å². The van der Waals surface area contributed by atoms with E-state index < -0.39 is 0 Å². The minimum absolute atomic E-state index is 0.341. The molecule has 2 atom stereocenters. The fourth-order valence-corrected chi connectivity index (χ4v) is 2.76. The van der Waals surface area contributed by atoms with Gasteiger partial charge in [0.1, 0.15) is 0 Å². The highest BCUT2D eigenvalue weighted by molar-refractivity contribution is 5.61. The van der Waals surface area contributed by atoms with Crippen molar-refractivity contribution in [2.24, 2.45) is 5.73 Å². The Hall–Kier alpha value is -1.61. The summed E-state index contributed by atoms with van der Waals surface area (Å²) in [6.45, 7) is 0. The van der Waals surface area contributed by atoms with Crippen molar-refractivity contribution in [2.45, 2.75) is 37.8 Å². The van der Waals surface area contributed by atoms with Crippen LogP contribution >= 0.6 is 0 Å². The van der Waals surface area contributed by atoms with E-state index in [1.807, 2.05) is 12.3 Å². The maximum Gasteiger partial charge on any atom is 0.0568 e. The Bertz CT molecular complexity index is 503. The van der Waals surface area contributed by atoms with Crippen LogP contribution in [0.5, 0.6) is 0 Å². The van der Waals surface area contributed by atoms with E-state index in [0.717, 1.165) is 12.8 Å². The number of benzene rings is 1. The molecular formula is C15H19N3. The van der Waals surface area contributed by atoms with E-state index in [4.69, 9.17) is 5.73 Å². The quantitative estimate of drug-likeness (QED) is 0.878. The summed E-state index contributed by atoms with van der Waals surface area (Å²) in [4.78, 5) is 0. The number of nitrogens with two attached hydrogens (primary N) is 1. The zero-order chi connectivity index (χ0) is 12.4. The first kappa shape index (κ1) is 11.5. The van der Waals surface area contributed by atoms with Crippen LogP contribution < -0.4 is 5.73 Å². The van der Waals surface area contributed by atoms with Gasteiger partial charge in [-0.2, -0.15) is 5.10 Å². The first-order valence-electron chi connectivity index (χ1n) is 6.68. The molecule has 1 aromatic carbocycles. The molecule has 3 heteroatoms. The maximum atomic E-state index is 6.04. The maximum absolute atomic E-state index is 6.04. The third-order valence-electron chi connectivity index (χ3n) is 3.77. The highest BCUT2D eigenvalue weighted by atomic mass is 15.3. The van der Waals surface area contributed by atoms with E-state index in [1.165, 1.54) is 24.0 Å². The van der Waals surface area contributed by atoms with Crippen molar-refractivity contribution in [3.05, 3.63) is 42.7 Å². The Morgan fingerprint density at radius 2 is 1.94 bits per heavy atom. The third-order valence-corrected chi connectivity index (χ3v) is 3.77. The van der Waals surface area contributed by atoms with Crippen LogP contribution in [0, 0.1) is 0 Å². The Balaban J connectivity index is 1.81. The van der Waals surface area contributed by atoms with Crippen molar-refractivity contribution in [1.82, 2.24) is 9.78 Å². The molecule has 94 valence electrons. The SMILES string of the molecule is NC1CCCC(n2cc(-c3ccccc3)cn2)C1. The molecule has 0 amide bonds. The number of rotatable bonds is 2. The topological polar surface area (TPSA) is 43.8 Å². The van der Waals surface area contributed by atoms with E-state index in [2.05, 4.69) is 40.2 Å². The summed E-state index contributed by atoms with van der Waals surface area (Å²) in [7, 11) is 0. The first-order chi connectivity index (χ1) is 8.83. The van der Waals surface area contributed by atoms with Gasteiger partial charge in [-0.1, -0.05) is 30.3 Å². The van der Waals surface area contributed by atoms with Gasteiger partial charge in [0.2, 0.25) is 0 Å². The summed E-state index contributed by atoms with van der Waals surface area (Å²) < 4.78 is 2.10. The van der Waals surface area contributed by atoms with Gasteiger partial charge < -0.3 is 5.73 Å². The van der Waals surface area contributed by atoms with Crippen LogP contribution in [0.2, 0.25) is 0 Å². The Morgan fingerprint density at radius 3 is 2.72 bits per heavy atom. The highest BCUT2D eigenvalue weighted by Crippen LogP contribution is 2.28. The average molecular weight is 241 g/mol. The molecule has 1 saturated carbocycles. The van der Waals surface area contributed by atoms with Gasteiger partial charge >= 0.3 is 0 Å². The van der Waals surface area contributed by atoms with Gasteiger partial charge in [-0.3, -0.25) is 4.68 Å². The van der Waals surface area contributed by atoms with Crippen molar-refractivity contribution in [2.75, 3.05) is 0 Å². The summed E-state index contributed by atoms with van der Waals surface area (Å²) in [5.41, 5.74) is 8.45. The fourth-order valence-electron chi connectivity index (χ4n) is 2.76. The predicted molar refractivity (Wildman–Crippen MR) is 73.1 cm³/mol. The molecule has 2 aromatic rings. The second kappa shape index (κ2) is 4.94. The monoisotopic (exact) mass is 241 g/mol. The predicted octanol–water partition coefficient (Wildman–Crippen LogP) is 2.99. The smallest absolute Gasteiger partial charge is 0.0568 e. The zero-order valence-electron chi connectivity index (χ0n) is 10.5. The summed E-state index contributed by atoms with van der Waals surface area (Å²) in [6, 6.07) is 11.2. The standard InChI is InChI=1S/C15H19N3/c16-14-7-4-8-15(9-14)18-11-13(10-17-18)12-5-2-1-3-6-12/h1-3,5-6,10-11,14-15H,4,7-9,16H2. The summed E-state index contributed by atoms with van der Waals surface area (Å²) >= 11 is 0. The molecule has 2 N–H and O–H groups in total. The highest BCUT2D eigenvalue weighted by Gasteiger charge is 2.21. The summed E-state index contributed by atoms with van der Waals surface area (Å²) in [5.74, 6) is 0. The second-order valence-electron chi connectivity index (χ2n) is 5.16. The largest absolute Gasteiger partial charge is 0.328 e. The lowest BCUT2D eigenvalue weighted by Crippen LogP contribution is -2.29. The number of nitrogens with zero attached hydrogens (tertiary/aromatic N) is 2. The zero-order valence-corrected chi connectivity index (χ0v) is 10.5. The van der Waals surface area contributed by atoms with E-state index in [-0.39, 0.29) is 0 Å². The molecule has 0 bridgehead atoms. The van der Waals surface area contributed by atoms with E-state index in [0.29, 0.717) is 12.1 Å². The van der Waals surface area contributed by atoms with Crippen LogP contribution in [0.25, 0.3) is 11.1 Å². The molecular weight excluding hydrogens is 222 g/mol. The first-order valence-corrected chi connectivity index (χ1v) is 6.68. The molecule has 0 radical (unpaired) electrons. The molecule has 1 aromatic heterocycles. The van der Waals surface area contributed by atoms with Crippen molar-refractivity contribution >= 4 is 0 Å². The summed E-state index contributed by atoms with van der Waals surface area (Å²) in [6.07, 6.45) is 8.72. The van der Waals surface area contributed by atoms with Crippen LogP contribution in [0.4, 0.5) is 0 Å². The number of hydrogen-bond donors (Lipinski definition) is 1. The molecule has 1 aliphatic carbocycles. The minimum atomic E-state index is 0.341. The van der Waals surface area contributed by atoms with Crippen molar-refractivity contribution in [3.8, 4) is 11.1 Å². The third kappa shape index (κ3) is 2.31. The molecule has 2 unspecified atom stereocenters. The van der Waals surface area contributed by atoms with Gasteiger partial charge in [-0.15, -0.1) is 0 Å². The Morgan fingerprint density at radius 1 is 1.11 bits per heavy atom. The van der Waals surface area contributed by atoms with Crippen LogP contribution in [-0.2, 0) is 0 Å². The van der Waals surface area contributed by atoms with Crippen LogP contribution in [-0.4, -0.2) is 15.8 Å². The summed E-state index contributed by atoms with van der Waals surface area (Å²) in [5, 5.41) is 4.51. The molecule has 0 saturated heterocycles. The average Bonchev–Trinajstić information content (AvgIpc) is 2.89. The molecule has 0 aliphatic heterocycles. The van der Waals surface area contributed by atoms with Gasteiger partial charge in [0.25, 0.3) is 0 Å². The van der Waals surface area contributed by atoms with Crippen LogP contribution in [0.1, 0.15) is 31.7 Å². The lowest BCUT2D eigenvalue weighted by Gasteiger charge is -2.26. The van der Waals surface area contributed by atoms with Gasteiger partial charge in [0.05, 0.1) is 12.2 Å². The van der Waals surface area contributed by atoms with Crippen molar-refractivity contribution in [1.29, 1.82) is 0 Å². The second-order valence-corrected chi connectivity index (χ2v) is 5.16. The molecule has 0 spiro atoms. The van der Waals surface area contributed by atoms with Gasteiger partial charge in [0.15, 0.2) is 0 Å². The van der Waals surface area contributed by atoms with E-state index in [9.17, 15) is 0 Å². The Labute approximate surface area is 108 Å². The minimum Gasteiger partial charge on any atom is -0.328 e. The lowest BCUT2D eigenvalue weighted by molar-refractivity contribution is 0.300. The fraction of sp³-hybridized carbons (Fsp3) is 0.400. The number of aromatic nitrogens is 2. The molecule has 3 rings (SSSR count). The van der Waals surface area contributed by atoms with Gasteiger partial charge in [-0.25, -0.2) is 0 Å². The van der Waals surface area contributed by atoms with Gasteiger partial charge in [0, 0.05) is 17.8 Å². The van der Waals surface area contributed by atoms with Crippen molar-refractivity contribution in [3.63, 3.8) is 0 Å². The molecule has 1 heterocycles. The molecule has 18 heavy (non-hydrogen) atoms. The van der Waals surface area contributed by atoms with Crippen LogP contribution in [0.15, 0.2) is 42.7 Å².